The molecule has 49 heavy (non-hydrogen) atoms. The summed E-state index contributed by atoms with van der Waals surface area (Å²) in [6.07, 6.45) is 4.04. The SMILES string of the molecule is C=CCCC(=O)OC[C@H](NC(=O)[C@@H]1[C@H]2O[C@@]3(CC2Br)[C@H](C(=O)N(CC=C)CCN2CCOCC2)N([C@@H](CC)CO)C(=O)[C@@H]13)c1ccccc1. The molecule has 1 aromatic carbocycles. The minimum absolute atomic E-state index is 0.0964. The third-order valence-corrected chi connectivity index (χ3v) is 11.1. The van der Waals surface area contributed by atoms with E-state index in [1.165, 1.54) is 4.90 Å². The van der Waals surface area contributed by atoms with Gasteiger partial charge in [-0.1, -0.05) is 65.3 Å². The molecule has 0 aromatic heterocycles. The van der Waals surface area contributed by atoms with Crippen LogP contribution in [0.15, 0.2) is 55.6 Å². The zero-order chi connectivity index (χ0) is 35.1. The fourth-order valence-electron chi connectivity index (χ4n) is 7.80. The topological polar surface area (TPSA) is 138 Å². The van der Waals surface area contributed by atoms with Gasteiger partial charge in [0.1, 0.15) is 18.2 Å². The summed E-state index contributed by atoms with van der Waals surface area (Å²) >= 11 is 3.74. The van der Waals surface area contributed by atoms with Crippen molar-refractivity contribution < 1.29 is 38.5 Å². The molecule has 1 unspecified atom stereocenters. The molecule has 5 rings (SSSR count). The van der Waals surface area contributed by atoms with Crippen LogP contribution in [0.3, 0.4) is 0 Å². The second kappa shape index (κ2) is 16.7. The van der Waals surface area contributed by atoms with Gasteiger partial charge in [-0.3, -0.25) is 24.1 Å². The van der Waals surface area contributed by atoms with Crippen molar-refractivity contribution in [1.82, 2.24) is 20.0 Å². The molecule has 4 saturated heterocycles. The number of amides is 3. The number of allylic oxidation sites excluding steroid dienone is 1. The summed E-state index contributed by atoms with van der Waals surface area (Å²) < 4.78 is 17.7. The maximum absolute atomic E-state index is 14.7. The van der Waals surface area contributed by atoms with Gasteiger partial charge in [-0.05, 0) is 24.8 Å². The molecular formula is C36H49BrN4O8. The Kier molecular flexibility index (Phi) is 12.7. The standard InChI is InChI=1S/C36H49BrN4O8/c1-4-7-13-28(43)48-23-27(24-11-9-8-10-12-24)38-33(44)29-30-34(45)41(25(6-3)22-42)32(36(30)21-26(37)31(29)49-36)35(46)40(14-5-2)16-15-39-17-19-47-20-18-39/h4-5,8-12,25-27,29-32,42H,1-2,6-7,13-23H2,3H3,(H,38,44)/t25-,26?,27-,29-,30+,31-,32-,36+/m0/s1. The highest BCUT2D eigenvalue weighted by Gasteiger charge is 2.77. The number of hydrogen-bond donors (Lipinski definition) is 2. The molecule has 4 heterocycles. The molecule has 0 aliphatic carbocycles. The third-order valence-electron chi connectivity index (χ3n) is 10.3. The molecule has 0 saturated carbocycles. The predicted octanol–water partition coefficient (Wildman–Crippen LogP) is 2.22. The van der Waals surface area contributed by atoms with Gasteiger partial charge in [0, 0.05) is 44.0 Å². The number of likely N-dealkylation sites (tertiary alicyclic amines) is 1. The van der Waals surface area contributed by atoms with E-state index in [-0.39, 0.29) is 42.8 Å². The van der Waals surface area contributed by atoms with E-state index >= 15 is 0 Å². The van der Waals surface area contributed by atoms with E-state index in [0.717, 1.165) is 18.7 Å². The van der Waals surface area contributed by atoms with E-state index in [2.05, 4.69) is 39.3 Å². The third kappa shape index (κ3) is 7.65. The number of hydrogen-bond acceptors (Lipinski definition) is 9. The molecule has 4 aliphatic rings. The first-order valence-electron chi connectivity index (χ1n) is 17.3. The molecule has 12 nitrogen and oxygen atoms in total. The van der Waals surface area contributed by atoms with Gasteiger partial charge in [-0.25, -0.2) is 0 Å². The summed E-state index contributed by atoms with van der Waals surface area (Å²) in [5.41, 5.74) is -0.546. The summed E-state index contributed by atoms with van der Waals surface area (Å²) in [4.78, 5) is 61.2. The minimum Gasteiger partial charge on any atom is -0.463 e. The molecule has 4 fully saturated rings. The Hall–Kier alpha value is -3.10. The van der Waals surface area contributed by atoms with Gasteiger partial charge in [0.05, 0.1) is 49.8 Å². The molecule has 3 amide bonds. The summed E-state index contributed by atoms with van der Waals surface area (Å²) in [7, 11) is 0. The zero-order valence-corrected chi connectivity index (χ0v) is 29.8. The first kappa shape index (κ1) is 37.2. The first-order chi connectivity index (χ1) is 23.7. The fourth-order valence-corrected chi connectivity index (χ4v) is 8.75. The van der Waals surface area contributed by atoms with E-state index in [1.807, 2.05) is 37.3 Å². The van der Waals surface area contributed by atoms with Crippen LogP contribution < -0.4 is 5.32 Å². The smallest absolute Gasteiger partial charge is 0.306 e. The molecular weight excluding hydrogens is 696 g/mol. The highest BCUT2D eigenvalue weighted by molar-refractivity contribution is 9.09. The monoisotopic (exact) mass is 744 g/mol. The minimum atomic E-state index is -1.28. The average Bonchev–Trinajstić information content (AvgIpc) is 3.72. The average molecular weight is 746 g/mol. The van der Waals surface area contributed by atoms with Crippen LogP contribution in [-0.2, 0) is 33.4 Å². The van der Waals surface area contributed by atoms with Gasteiger partial charge in [0.15, 0.2) is 0 Å². The molecule has 13 heteroatoms. The van der Waals surface area contributed by atoms with Gasteiger partial charge < -0.3 is 34.4 Å². The second-order valence-electron chi connectivity index (χ2n) is 13.2. The van der Waals surface area contributed by atoms with Crippen LogP contribution in [-0.4, -0.2) is 131 Å². The fraction of sp³-hybridized carbons (Fsp3) is 0.611. The van der Waals surface area contributed by atoms with E-state index in [4.69, 9.17) is 14.2 Å². The van der Waals surface area contributed by atoms with Crippen LogP contribution in [0.1, 0.15) is 44.2 Å². The lowest BCUT2D eigenvalue weighted by Gasteiger charge is -2.39. The number of morpholine rings is 1. The van der Waals surface area contributed by atoms with Crippen molar-refractivity contribution >= 4 is 39.6 Å². The van der Waals surface area contributed by atoms with E-state index in [9.17, 15) is 24.3 Å². The van der Waals surface area contributed by atoms with E-state index < -0.39 is 53.5 Å². The number of rotatable bonds is 17. The van der Waals surface area contributed by atoms with Crippen LogP contribution in [0.25, 0.3) is 0 Å². The number of halogens is 1. The Balaban J connectivity index is 1.44. The number of aliphatic hydroxyl groups excluding tert-OH is 1. The molecule has 4 aliphatic heterocycles. The van der Waals surface area contributed by atoms with Gasteiger partial charge >= 0.3 is 5.97 Å². The number of nitrogens with one attached hydrogen (secondary N) is 1. The summed E-state index contributed by atoms with van der Waals surface area (Å²) in [5.74, 6) is -3.37. The quantitative estimate of drug-likeness (QED) is 0.140. The summed E-state index contributed by atoms with van der Waals surface area (Å²) in [5, 5.41) is 13.5. The van der Waals surface area contributed by atoms with Crippen molar-refractivity contribution in [3.8, 4) is 0 Å². The van der Waals surface area contributed by atoms with Crippen molar-refractivity contribution in [2.45, 2.75) is 67.3 Å². The van der Waals surface area contributed by atoms with Crippen LogP contribution in [0.5, 0.6) is 0 Å². The lowest BCUT2D eigenvalue weighted by atomic mass is 9.70. The van der Waals surface area contributed by atoms with Crippen LogP contribution in [0, 0.1) is 11.8 Å². The lowest BCUT2D eigenvalue weighted by Crippen LogP contribution is -2.59. The van der Waals surface area contributed by atoms with Gasteiger partial charge in [0.2, 0.25) is 17.7 Å². The second-order valence-corrected chi connectivity index (χ2v) is 14.3. The summed E-state index contributed by atoms with van der Waals surface area (Å²) in [6, 6.07) is 6.84. The Morgan fingerprint density at radius 1 is 1.20 bits per heavy atom. The number of esters is 1. The van der Waals surface area contributed by atoms with Crippen LogP contribution in [0.4, 0.5) is 0 Å². The molecule has 2 N–H and O–H groups in total. The summed E-state index contributed by atoms with van der Waals surface area (Å²) in [6.45, 7) is 13.1. The van der Waals surface area contributed by atoms with Crippen molar-refractivity contribution in [3.05, 3.63) is 61.2 Å². The van der Waals surface area contributed by atoms with Crippen molar-refractivity contribution in [3.63, 3.8) is 0 Å². The number of nitrogens with zero attached hydrogens (tertiary/aromatic N) is 3. The van der Waals surface area contributed by atoms with Crippen LogP contribution in [0.2, 0.25) is 0 Å². The first-order valence-corrected chi connectivity index (χ1v) is 18.2. The number of alkyl halides is 1. The predicted molar refractivity (Wildman–Crippen MR) is 185 cm³/mol. The Morgan fingerprint density at radius 2 is 1.94 bits per heavy atom. The van der Waals surface area contributed by atoms with E-state index in [1.54, 1.807) is 17.1 Å². The van der Waals surface area contributed by atoms with E-state index in [0.29, 0.717) is 45.6 Å². The number of carbonyl (C=O) groups is 4. The molecule has 1 aromatic rings. The highest BCUT2D eigenvalue weighted by atomic mass is 79.9. The molecule has 1 spiro atoms. The van der Waals surface area contributed by atoms with Crippen LogP contribution >= 0.6 is 15.9 Å². The number of ether oxygens (including phenoxy) is 3. The van der Waals surface area contributed by atoms with Crippen molar-refractivity contribution in [2.75, 3.05) is 59.2 Å². The molecule has 8 atom stereocenters. The van der Waals surface area contributed by atoms with Gasteiger partial charge in [-0.15, -0.1) is 13.2 Å². The Bertz CT molecular complexity index is 1360. The number of carbonyl (C=O) groups excluding carboxylic acids is 4. The normalized spacial score (nSPS) is 28.8. The lowest BCUT2D eigenvalue weighted by molar-refractivity contribution is -0.151. The molecule has 0 radical (unpaired) electrons. The Labute approximate surface area is 296 Å². The van der Waals surface area contributed by atoms with Gasteiger partial charge in [0.25, 0.3) is 0 Å². The van der Waals surface area contributed by atoms with Crippen molar-refractivity contribution in [2.24, 2.45) is 11.8 Å². The molecule has 2 bridgehead atoms. The molecule has 268 valence electrons. The maximum atomic E-state index is 14.7. The number of fused-ring (bicyclic) bond motifs is 1. The highest BCUT2D eigenvalue weighted by Crippen LogP contribution is 2.60. The largest absolute Gasteiger partial charge is 0.463 e. The van der Waals surface area contributed by atoms with Crippen molar-refractivity contribution in [1.29, 1.82) is 0 Å². The maximum Gasteiger partial charge on any atom is 0.306 e. The number of benzene rings is 1. The zero-order valence-electron chi connectivity index (χ0n) is 28.2. The number of aliphatic hydroxyl groups is 1. The van der Waals surface area contributed by atoms with Gasteiger partial charge in [-0.2, -0.15) is 0 Å². The Morgan fingerprint density at radius 3 is 2.59 bits per heavy atom.